The number of nitrogens with two attached hydrogens (primary N) is 1. The number of hydrogen-bond acceptors (Lipinski definition) is 2. The van der Waals surface area contributed by atoms with Gasteiger partial charge in [-0.05, 0) is 25.8 Å². The van der Waals surface area contributed by atoms with Crippen LogP contribution in [0.25, 0.3) is 0 Å². The van der Waals surface area contributed by atoms with Crippen molar-refractivity contribution < 1.29 is 0 Å². The average Bonchev–Trinajstić information content (AvgIpc) is 2.01. The Bertz CT molecular complexity index is 160. The maximum atomic E-state index is 5.87. The predicted octanol–water partition coefficient (Wildman–Crippen LogP) is 2.48. The third kappa shape index (κ3) is 4.43. The summed E-state index contributed by atoms with van der Waals surface area (Å²) in [4.78, 5) is 2.41. The highest BCUT2D eigenvalue weighted by Crippen LogP contribution is 2.23. The lowest BCUT2D eigenvalue weighted by molar-refractivity contribution is 0.0923. The van der Waals surface area contributed by atoms with Crippen LogP contribution in [0.5, 0.6) is 0 Å². The van der Waals surface area contributed by atoms with Crippen LogP contribution in [0.3, 0.4) is 0 Å². The zero-order valence-corrected chi connectivity index (χ0v) is 10.9. The van der Waals surface area contributed by atoms with Crippen LogP contribution in [0.4, 0.5) is 0 Å². The zero-order valence-electron chi connectivity index (χ0n) is 10.9. The Morgan fingerprint density at radius 1 is 1.14 bits per heavy atom. The lowest BCUT2D eigenvalue weighted by Gasteiger charge is -2.41. The summed E-state index contributed by atoms with van der Waals surface area (Å²) in [5.74, 6) is 0. The third-order valence-corrected chi connectivity index (χ3v) is 2.86. The monoisotopic (exact) mass is 200 g/mol. The Hall–Kier alpha value is -0.0800. The fourth-order valence-corrected chi connectivity index (χ4v) is 1.89. The summed E-state index contributed by atoms with van der Waals surface area (Å²) < 4.78 is 0. The first-order chi connectivity index (χ1) is 6.25. The fraction of sp³-hybridized carbons (Fsp3) is 1.00. The van der Waals surface area contributed by atoms with E-state index in [1.165, 1.54) is 12.8 Å². The second-order valence-electron chi connectivity index (χ2n) is 5.87. The van der Waals surface area contributed by atoms with Gasteiger partial charge in [-0.15, -0.1) is 0 Å². The minimum Gasteiger partial charge on any atom is -0.329 e. The highest BCUT2D eigenvalue weighted by atomic mass is 15.2. The first kappa shape index (κ1) is 13.9. The largest absolute Gasteiger partial charge is 0.329 e. The van der Waals surface area contributed by atoms with Crippen molar-refractivity contribution in [2.24, 2.45) is 11.1 Å². The van der Waals surface area contributed by atoms with Gasteiger partial charge >= 0.3 is 0 Å². The molecule has 14 heavy (non-hydrogen) atoms. The molecule has 0 saturated carbocycles. The minimum absolute atomic E-state index is 0.169. The van der Waals surface area contributed by atoms with Crippen molar-refractivity contribution in [1.82, 2.24) is 4.90 Å². The summed E-state index contributed by atoms with van der Waals surface area (Å²) in [6.45, 7) is 13.1. The Labute approximate surface area is 89.9 Å². The normalized spacial score (nSPS) is 17.1. The van der Waals surface area contributed by atoms with Crippen LogP contribution in [-0.2, 0) is 0 Å². The molecule has 2 heteroatoms. The van der Waals surface area contributed by atoms with Crippen LogP contribution in [0.15, 0.2) is 0 Å². The van der Waals surface area contributed by atoms with Crippen molar-refractivity contribution in [3.8, 4) is 0 Å². The molecule has 0 bridgehead atoms. The molecule has 0 radical (unpaired) electrons. The molecule has 0 heterocycles. The number of hydrogen-bond donors (Lipinski definition) is 1. The SMILES string of the molecule is CCCC(C)(CN)N(C)CC(C)(C)C. The quantitative estimate of drug-likeness (QED) is 0.739. The van der Waals surface area contributed by atoms with Gasteiger partial charge in [0.1, 0.15) is 0 Å². The summed E-state index contributed by atoms with van der Waals surface area (Å²) in [5, 5.41) is 0. The topological polar surface area (TPSA) is 29.3 Å². The maximum Gasteiger partial charge on any atom is 0.0300 e. The van der Waals surface area contributed by atoms with E-state index in [0.717, 1.165) is 13.1 Å². The van der Waals surface area contributed by atoms with Gasteiger partial charge in [0.25, 0.3) is 0 Å². The van der Waals surface area contributed by atoms with E-state index in [0.29, 0.717) is 5.41 Å². The second kappa shape index (κ2) is 5.13. The Morgan fingerprint density at radius 2 is 1.64 bits per heavy atom. The van der Waals surface area contributed by atoms with Gasteiger partial charge in [0, 0.05) is 18.6 Å². The van der Waals surface area contributed by atoms with Crippen LogP contribution < -0.4 is 5.73 Å². The number of likely N-dealkylation sites (N-methyl/N-ethyl adjacent to an activating group) is 1. The molecule has 0 rings (SSSR count). The molecule has 2 nitrogen and oxygen atoms in total. The highest BCUT2D eigenvalue weighted by Gasteiger charge is 2.29. The molecule has 0 aliphatic carbocycles. The van der Waals surface area contributed by atoms with Gasteiger partial charge in [-0.1, -0.05) is 34.1 Å². The van der Waals surface area contributed by atoms with Crippen molar-refractivity contribution in [3.05, 3.63) is 0 Å². The Morgan fingerprint density at radius 3 is 1.93 bits per heavy atom. The van der Waals surface area contributed by atoms with Crippen molar-refractivity contribution in [1.29, 1.82) is 0 Å². The van der Waals surface area contributed by atoms with E-state index in [1.807, 2.05) is 0 Å². The molecule has 0 aliphatic rings. The lowest BCUT2D eigenvalue weighted by Crippen LogP contribution is -2.52. The van der Waals surface area contributed by atoms with Crippen molar-refractivity contribution >= 4 is 0 Å². The first-order valence-electron chi connectivity index (χ1n) is 5.66. The molecular weight excluding hydrogens is 172 g/mol. The zero-order chi connectivity index (χ0) is 11.4. The van der Waals surface area contributed by atoms with E-state index in [9.17, 15) is 0 Å². The van der Waals surface area contributed by atoms with Crippen LogP contribution >= 0.6 is 0 Å². The minimum atomic E-state index is 0.169. The van der Waals surface area contributed by atoms with E-state index in [4.69, 9.17) is 5.73 Å². The van der Waals surface area contributed by atoms with E-state index >= 15 is 0 Å². The molecule has 2 N–H and O–H groups in total. The molecule has 0 aliphatic heterocycles. The van der Waals surface area contributed by atoms with Gasteiger partial charge < -0.3 is 5.73 Å². The predicted molar refractivity (Wildman–Crippen MR) is 64.5 cm³/mol. The standard InChI is InChI=1S/C12H28N2/c1-7-8-12(5,9-13)14(6)10-11(2,3)4/h7-10,13H2,1-6H3. The maximum absolute atomic E-state index is 5.87. The number of nitrogens with zero attached hydrogens (tertiary/aromatic N) is 1. The molecule has 86 valence electrons. The van der Waals surface area contributed by atoms with Crippen LogP contribution in [-0.4, -0.2) is 30.6 Å². The van der Waals surface area contributed by atoms with Gasteiger partial charge in [-0.3, -0.25) is 4.90 Å². The van der Waals surface area contributed by atoms with Crippen LogP contribution in [0.2, 0.25) is 0 Å². The lowest BCUT2D eigenvalue weighted by atomic mass is 9.89. The molecule has 0 aromatic carbocycles. The highest BCUT2D eigenvalue weighted by molar-refractivity contribution is 4.87. The molecule has 0 spiro atoms. The Kier molecular flexibility index (Phi) is 5.10. The molecule has 0 fully saturated rings. The molecule has 1 atom stereocenters. The Balaban J connectivity index is 4.37. The molecule has 0 aromatic rings. The average molecular weight is 200 g/mol. The van der Waals surface area contributed by atoms with Gasteiger partial charge in [0.15, 0.2) is 0 Å². The van der Waals surface area contributed by atoms with Gasteiger partial charge in [-0.25, -0.2) is 0 Å². The summed E-state index contributed by atoms with van der Waals surface area (Å²) in [6, 6.07) is 0. The smallest absolute Gasteiger partial charge is 0.0300 e. The van der Waals surface area contributed by atoms with Crippen molar-refractivity contribution in [3.63, 3.8) is 0 Å². The third-order valence-electron chi connectivity index (χ3n) is 2.86. The van der Waals surface area contributed by atoms with Crippen molar-refractivity contribution in [2.45, 2.75) is 53.0 Å². The van der Waals surface area contributed by atoms with Gasteiger partial charge in [-0.2, -0.15) is 0 Å². The molecule has 1 unspecified atom stereocenters. The van der Waals surface area contributed by atoms with E-state index in [2.05, 4.69) is 46.6 Å². The summed E-state index contributed by atoms with van der Waals surface area (Å²) in [7, 11) is 2.19. The van der Waals surface area contributed by atoms with Crippen LogP contribution in [0, 0.1) is 5.41 Å². The fourth-order valence-electron chi connectivity index (χ4n) is 1.89. The summed E-state index contributed by atoms with van der Waals surface area (Å²) >= 11 is 0. The molecule has 0 amide bonds. The second-order valence-corrected chi connectivity index (χ2v) is 5.87. The molecular formula is C12H28N2. The number of rotatable bonds is 5. The van der Waals surface area contributed by atoms with Crippen LogP contribution in [0.1, 0.15) is 47.5 Å². The van der Waals surface area contributed by atoms with Gasteiger partial charge in [0.05, 0.1) is 0 Å². The van der Waals surface area contributed by atoms with E-state index in [1.54, 1.807) is 0 Å². The van der Waals surface area contributed by atoms with E-state index in [-0.39, 0.29) is 5.54 Å². The summed E-state index contributed by atoms with van der Waals surface area (Å²) in [5.41, 5.74) is 6.39. The first-order valence-corrected chi connectivity index (χ1v) is 5.66. The summed E-state index contributed by atoms with van der Waals surface area (Å²) in [6.07, 6.45) is 2.37. The van der Waals surface area contributed by atoms with E-state index < -0.39 is 0 Å². The molecule has 0 saturated heterocycles. The molecule has 0 aromatic heterocycles. The van der Waals surface area contributed by atoms with Gasteiger partial charge in [0.2, 0.25) is 0 Å². The van der Waals surface area contributed by atoms with Crippen molar-refractivity contribution in [2.75, 3.05) is 20.1 Å².